The number of hydrogen-bond acceptors (Lipinski definition) is 4. The van der Waals surface area contributed by atoms with E-state index in [1.54, 1.807) is 20.4 Å². The number of rotatable bonds is 6. The molecule has 1 heterocycles. The summed E-state index contributed by atoms with van der Waals surface area (Å²) in [6.07, 6.45) is 7.20. The molecule has 1 N–H and O–H groups in total. The molecule has 0 amide bonds. The smallest absolute Gasteiger partial charge is 0.183 e. The number of nitrogens with zero attached hydrogens (tertiary/aromatic N) is 1. The van der Waals surface area contributed by atoms with Gasteiger partial charge in [0.1, 0.15) is 0 Å². The summed E-state index contributed by atoms with van der Waals surface area (Å²) in [6.45, 7) is 2.99. The van der Waals surface area contributed by atoms with E-state index in [2.05, 4.69) is 17.2 Å². The zero-order valence-electron chi connectivity index (χ0n) is 12.1. The van der Waals surface area contributed by atoms with Crippen molar-refractivity contribution in [3.8, 4) is 11.5 Å². The van der Waals surface area contributed by atoms with Crippen molar-refractivity contribution in [3.63, 3.8) is 0 Å². The van der Waals surface area contributed by atoms with Crippen LogP contribution in [0.15, 0.2) is 12.3 Å². The largest absolute Gasteiger partial charge is 0.493 e. The predicted octanol–water partition coefficient (Wildman–Crippen LogP) is 2.77. The van der Waals surface area contributed by atoms with Gasteiger partial charge in [-0.05, 0) is 25.7 Å². The maximum Gasteiger partial charge on any atom is 0.183 e. The molecular formula is C15H24N2O2. The monoisotopic (exact) mass is 264 g/mol. The van der Waals surface area contributed by atoms with Crippen LogP contribution in [0.2, 0.25) is 0 Å². The summed E-state index contributed by atoms with van der Waals surface area (Å²) in [5.41, 5.74) is 0.909. The lowest BCUT2D eigenvalue weighted by Crippen LogP contribution is -2.32. The molecule has 0 aromatic carbocycles. The van der Waals surface area contributed by atoms with E-state index in [1.807, 2.05) is 6.07 Å². The molecule has 2 rings (SSSR count). The van der Waals surface area contributed by atoms with E-state index in [1.165, 1.54) is 25.7 Å². The van der Waals surface area contributed by atoms with Crippen LogP contribution >= 0.6 is 0 Å². The minimum atomic E-state index is 0.528. The quantitative estimate of drug-likeness (QED) is 0.858. The molecule has 1 atom stereocenters. The molecule has 0 bridgehead atoms. The van der Waals surface area contributed by atoms with Crippen molar-refractivity contribution in [1.29, 1.82) is 0 Å². The van der Waals surface area contributed by atoms with E-state index in [0.717, 1.165) is 29.7 Å². The van der Waals surface area contributed by atoms with Crippen LogP contribution in [0.3, 0.4) is 0 Å². The van der Waals surface area contributed by atoms with Crippen LogP contribution in [0.4, 0.5) is 0 Å². The second kappa shape index (κ2) is 6.75. The van der Waals surface area contributed by atoms with Crippen LogP contribution in [-0.2, 0) is 6.54 Å². The van der Waals surface area contributed by atoms with Gasteiger partial charge in [0.25, 0.3) is 0 Å². The molecule has 4 heteroatoms. The minimum Gasteiger partial charge on any atom is -0.493 e. The highest BCUT2D eigenvalue weighted by atomic mass is 16.5. The molecule has 1 aliphatic carbocycles. The van der Waals surface area contributed by atoms with Crippen molar-refractivity contribution in [2.45, 2.75) is 45.2 Å². The maximum atomic E-state index is 5.40. The van der Waals surface area contributed by atoms with Gasteiger partial charge in [0, 0.05) is 24.8 Å². The third-order valence-corrected chi connectivity index (χ3v) is 4.06. The van der Waals surface area contributed by atoms with Gasteiger partial charge in [-0.15, -0.1) is 0 Å². The summed E-state index contributed by atoms with van der Waals surface area (Å²) < 4.78 is 10.7. The molecule has 0 saturated heterocycles. The van der Waals surface area contributed by atoms with Crippen molar-refractivity contribution in [3.05, 3.63) is 18.0 Å². The first kappa shape index (κ1) is 14.1. The molecule has 1 aromatic rings. The highest BCUT2D eigenvalue weighted by Crippen LogP contribution is 2.30. The average molecular weight is 264 g/mol. The van der Waals surface area contributed by atoms with Gasteiger partial charge >= 0.3 is 0 Å². The van der Waals surface area contributed by atoms with Gasteiger partial charge in [-0.25, -0.2) is 0 Å². The lowest BCUT2D eigenvalue weighted by atomic mass is 10.00. The van der Waals surface area contributed by atoms with Gasteiger partial charge in [-0.3, -0.25) is 4.98 Å². The van der Waals surface area contributed by atoms with E-state index < -0.39 is 0 Å². The highest BCUT2D eigenvalue weighted by molar-refractivity contribution is 5.42. The Hall–Kier alpha value is -1.29. The molecule has 0 spiro atoms. The van der Waals surface area contributed by atoms with E-state index in [9.17, 15) is 0 Å². The van der Waals surface area contributed by atoms with Crippen LogP contribution in [0.5, 0.6) is 11.5 Å². The molecule has 106 valence electrons. The summed E-state index contributed by atoms with van der Waals surface area (Å²) in [6, 6.07) is 2.35. The Morgan fingerprint density at radius 1 is 1.32 bits per heavy atom. The van der Waals surface area contributed by atoms with Crippen LogP contribution in [0, 0.1) is 5.92 Å². The van der Waals surface area contributed by atoms with Crippen molar-refractivity contribution in [2.24, 2.45) is 5.92 Å². The van der Waals surface area contributed by atoms with Gasteiger partial charge in [0.15, 0.2) is 11.5 Å². The maximum absolute atomic E-state index is 5.40. The lowest BCUT2D eigenvalue weighted by Gasteiger charge is -2.21. The van der Waals surface area contributed by atoms with Crippen molar-refractivity contribution < 1.29 is 9.47 Å². The van der Waals surface area contributed by atoms with Gasteiger partial charge in [-0.2, -0.15) is 0 Å². The Morgan fingerprint density at radius 3 is 2.68 bits per heavy atom. The molecule has 19 heavy (non-hydrogen) atoms. The number of ether oxygens (including phenoxy) is 2. The summed E-state index contributed by atoms with van der Waals surface area (Å²) in [5.74, 6) is 2.27. The van der Waals surface area contributed by atoms with Gasteiger partial charge in [-0.1, -0.05) is 12.8 Å². The average Bonchev–Trinajstić information content (AvgIpc) is 2.98. The molecule has 1 aromatic heterocycles. The molecule has 0 radical (unpaired) electrons. The minimum absolute atomic E-state index is 0.528. The number of hydrogen-bond donors (Lipinski definition) is 1. The van der Waals surface area contributed by atoms with Crippen LogP contribution in [0.25, 0.3) is 0 Å². The molecule has 4 nitrogen and oxygen atoms in total. The third-order valence-electron chi connectivity index (χ3n) is 4.06. The summed E-state index contributed by atoms with van der Waals surface area (Å²) >= 11 is 0. The first-order valence-corrected chi connectivity index (χ1v) is 7.05. The fraction of sp³-hybridized carbons (Fsp3) is 0.667. The Bertz CT molecular complexity index is 403. The highest BCUT2D eigenvalue weighted by Gasteiger charge is 2.21. The summed E-state index contributed by atoms with van der Waals surface area (Å²) in [4.78, 5) is 4.39. The third kappa shape index (κ3) is 3.38. The normalized spacial score (nSPS) is 17.4. The molecule has 1 aliphatic rings. The van der Waals surface area contributed by atoms with Crippen LogP contribution < -0.4 is 14.8 Å². The predicted molar refractivity (Wildman–Crippen MR) is 75.6 cm³/mol. The molecule has 0 aliphatic heterocycles. The number of pyridine rings is 1. The molecule has 1 fully saturated rings. The SMILES string of the molecule is COc1ccnc(CN[C@@H](C)C2CCCC2)c1OC. The Labute approximate surface area is 115 Å². The van der Waals surface area contributed by atoms with E-state index in [4.69, 9.17) is 9.47 Å². The topological polar surface area (TPSA) is 43.4 Å². The lowest BCUT2D eigenvalue weighted by molar-refractivity contribution is 0.341. The van der Waals surface area contributed by atoms with E-state index >= 15 is 0 Å². The zero-order valence-corrected chi connectivity index (χ0v) is 12.1. The van der Waals surface area contributed by atoms with E-state index in [-0.39, 0.29) is 0 Å². The van der Waals surface area contributed by atoms with Crippen LogP contribution in [-0.4, -0.2) is 25.2 Å². The van der Waals surface area contributed by atoms with Crippen molar-refractivity contribution >= 4 is 0 Å². The van der Waals surface area contributed by atoms with Crippen molar-refractivity contribution in [1.82, 2.24) is 10.3 Å². The number of methoxy groups -OCH3 is 2. The fourth-order valence-corrected chi connectivity index (χ4v) is 2.86. The molecule has 0 unspecified atom stereocenters. The Morgan fingerprint density at radius 2 is 2.05 bits per heavy atom. The first-order valence-electron chi connectivity index (χ1n) is 7.05. The molecular weight excluding hydrogens is 240 g/mol. The van der Waals surface area contributed by atoms with Gasteiger partial charge in [0.2, 0.25) is 0 Å². The molecule has 1 saturated carbocycles. The Kier molecular flexibility index (Phi) is 5.02. The first-order chi connectivity index (χ1) is 9.26. The standard InChI is InChI=1S/C15H24N2O2/c1-11(12-6-4-5-7-12)17-10-13-15(19-3)14(18-2)8-9-16-13/h8-9,11-12,17H,4-7,10H2,1-3H3/t11-/m0/s1. The second-order valence-electron chi connectivity index (χ2n) is 5.21. The second-order valence-corrected chi connectivity index (χ2v) is 5.21. The van der Waals surface area contributed by atoms with E-state index in [0.29, 0.717) is 6.04 Å². The number of aromatic nitrogens is 1. The Balaban J connectivity index is 1.98. The van der Waals surface area contributed by atoms with Crippen molar-refractivity contribution in [2.75, 3.05) is 14.2 Å². The fourth-order valence-electron chi connectivity index (χ4n) is 2.86. The summed E-state index contributed by atoms with van der Waals surface area (Å²) in [5, 5.41) is 3.57. The number of nitrogens with one attached hydrogen (secondary N) is 1. The summed E-state index contributed by atoms with van der Waals surface area (Å²) in [7, 11) is 3.31. The van der Waals surface area contributed by atoms with Gasteiger partial charge < -0.3 is 14.8 Å². The van der Waals surface area contributed by atoms with Crippen LogP contribution in [0.1, 0.15) is 38.3 Å². The zero-order chi connectivity index (χ0) is 13.7. The van der Waals surface area contributed by atoms with Gasteiger partial charge in [0.05, 0.1) is 19.9 Å².